The van der Waals surface area contributed by atoms with Crippen molar-refractivity contribution in [3.05, 3.63) is 57.6 Å². The zero-order valence-electron chi connectivity index (χ0n) is 13.4. The molecule has 2 rings (SSSR count). The summed E-state index contributed by atoms with van der Waals surface area (Å²) in [5.41, 5.74) is 0.0633. The van der Waals surface area contributed by atoms with Crippen molar-refractivity contribution >= 4 is 16.9 Å². The van der Waals surface area contributed by atoms with Gasteiger partial charge in [-0.25, -0.2) is 0 Å². The highest BCUT2D eigenvalue weighted by atomic mass is 16.2. The molecule has 0 aliphatic heterocycles. The Balaban J connectivity index is 2.48. The topological polar surface area (TPSA) is 73.1 Å². The minimum atomic E-state index is -0.622. The summed E-state index contributed by atoms with van der Waals surface area (Å²) >= 11 is 0. The van der Waals surface area contributed by atoms with E-state index in [1.807, 2.05) is 19.9 Å². The van der Waals surface area contributed by atoms with E-state index in [9.17, 15) is 14.4 Å². The van der Waals surface area contributed by atoms with Crippen LogP contribution in [0.2, 0.25) is 0 Å². The quantitative estimate of drug-likeness (QED) is 0.644. The van der Waals surface area contributed by atoms with Crippen LogP contribution in [0, 0.1) is 0 Å². The number of amides is 1. The lowest BCUT2D eigenvalue weighted by atomic mass is 10.2. The average Bonchev–Trinajstić information content (AvgIpc) is 2.51. The van der Waals surface area contributed by atoms with E-state index >= 15 is 0 Å². The molecule has 0 aliphatic carbocycles. The van der Waals surface area contributed by atoms with Gasteiger partial charge in [0.25, 0.3) is 0 Å². The molecule has 23 heavy (non-hydrogen) atoms. The van der Waals surface area contributed by atoms with Crippen LogP contribution >= 0.6 is 0 Å². The molecule has 1 amide bonds. The third-order valence-electron chi connectivity index (χ3n) is 3.46. The molecular formula is C17H21N3O3. The fourth-order valence-electron chi connectivity index (χ4n) is 2.51. The maximum absolute atomic E-state index is 12.4. The minimum Gasteiger partial charge on any atom is -0.354 e. The molecule has 6 heteroatoms. The number of nitrogens with one attached hydrogen (secondary N) is 1. The summed E-state index contributed by atoms with van der Waals surface area (Å²) in [7, 11) is 0. The van der Waals surface area contributed by atoms with Gasteiger partial charge in [-0.2, -0.15) is 0 Å². The van der Waals surface area contributed by atoms with E-state index in [0.717, 1.165) is 0 Å². The number of para-hydroxylation sites is 2. The van der Waals surface area contributed by atoms with Crippen LogP contribution in [0.5, 0.6) is 0 Å². The number of rotatable bonds is 6. The fraction of sp³-hybridized carbons (Fsp3) is 0.353. The Morgan fingerprint density at radius 2 is 1.74 bits per heavy atom. The molecule has 6 nitrogen and oxygen atoms in total. The molecule has 0 unspecified atom stereocenters. The van der Waals surface area contributed by atoms with Crippen LogP contribution in [0.3, 0.4) is 0 Å². The van der Waals surface area contributed by atoms with Crippen molar-refractivity contribution < 1.29 is 4.79 Å². The van der Waals surface area contributed by atoms with Crippen molar-refractivity contribution in [3.63, 3.8) is 0 Å². The maximum Gasteiger partial charge on any atom is 0.317 e. The lowest BCUT2D eigenvalue weighted by molar-refractivity contribution is -0.121. The predicted molar refractivity (Wildman–Crippen MR) is 90.6 cm³/mol. The van der Waals surface area contributed by atoms with Crippen molar-refractivity contribution in [2.75, 3.05) is 0 Å². The van der Waals surface area contributed by atoms with E-state index in [2.05, 4.69) is 11.9 Å². The highest BCUT2D eigenvalue weighted by Gasteiger charge is 2.13. The number of hydrogen-bond donors (Lipinski definition) is 1. The van der Waals surface area contributed by atoms with Gasteiger partial charge in [-0.3, -0.25) is 19.0 Å². The highest BCUT2D eigenvalue weighted by molar-refractivity contribution is 5.77. The molecule has 1 aromatic carbocycles. The molecule has 0 radical (unpaired) electrons. The molecule has 0 spiro atoms. The first-order valence-electron chi connectivity index (χ1n) is 7.58. The summed E-state index contributed by atoms with van der Waals surface area (Å²) in [6, 6.07) is 7.20. The number of allylic oxidation sites excluding steroid dienone is 1. The molecule has 0 aliphatic rings. The fourth-order valence-corrected chi connectivity index (χ4v) is 2.51. The Bertz CT molecular complexity index is 846. The highest BCUT2D eigenvalue weighted by Crippen LogP contribution is 2.10. The predicted octanol–water partition coefficient (Wildman–Crippen LogP) is 1.26. The van der Waals surface area contributed by atoms with Gasteiger partial charge in [0.15, 0.2) is 0 Å². The minimum absolute atomic E-state index is 0.0385. The standard InChI is InChI=1S/C17H21N3O3/c1-4-10-19-13-7-5-6-8-14(13)20(17(23)16(19)22)11-9-15(21)18-12(2)3/h4-8,12H,1,9-11H2,2-3H3,(H,18,21). The van der Waals surface area contributed by atoms with Crippen LogP contribution in [-0.4, -0.2) is 21.1 Å². The van der Waals surface area contributed by atoms with Crippen molar-refractivity contribution in [2.24, 2.45) is 0 Å². The van der Waals surface area contributed by atoms with Crippen LogP contribution in [-0.2, 0) is 17.9 Å². The van der Waals surface area contributed by atoms with E-state index in [1.165, 1.54) is 9.13 Å². The summed E-state index contributed by atoms with van der Waals surface area (Å²) in [5, 5.41) is 2.78. The molecule has 2 aromatic rings. The molecule has 0 fully saturated rings. The van der Waals surface area contributed by atoms with Crippen LogP contribution in [0.1, 0.15) is 20.3 Å². The third-order valence-corrected chi connectivity index (χ3v) is 3.46. The van der Waals surface area contributed by atoms with E-state index in [-0.39, 0.29) is 31.5 Å². The molecule has 0 atom stereocenters. The molecule has 1 N–H and O–H groups in total. The molecule has 1 aromatic heterocycles. The van der Waals surface area contributed by atoms with Gasteiger partial charge in [0.2, 0.25) is 5.91 Å². The average molecular weight is 315 g/mol. The number of hydrogen-bond acceptors (Lipinski definition) is 3. The number of aromatic nitrogens is 2. The molecule has 0 saturated carbocycles. The Hall–Kier alpha value is -2.63. The molecule has 0 bridgehead atoms. The second-order valence-electron chi connectivity index (χ2n) is 5.62. The van der Waals surface area contributed by atoms with Crippen molar-refractivity contribution in [3.8, 4) is 0 Å². The normalized spacial score (nSPS) is 10.9. The molecule has 0 saturated heterocycles. The second-order valence-corrected chi connectivity index (χ2v) is 5.62. The van der Waals surface area contributed by atoms with E-state index in [1.54, 1.807) is 24.3 Å². The summed E-state index contributed by atoms with van der Waals surface area (Å²) in [5.74, 6) is -0.147. The maximum atomic E-state index is 12.4. The third kappa shape index (κ3) is 3.59. The van der Waals surface area contributed by atoms with Gasteiger partial charge in [0.1, 0.15) is 0 Å². The Kier molecular flexibility index (Phi) is 5.16. The number of benzene rings is 1. The first-order valence-corrected chi connectivity index (χ1v) is 7.58. The van der Waals surface area contributed by atoms with E-state index < -0.39 is 11.1 Å². The van der Waals surface area contributed by atoms with Gasteiger partial charge < -0.3 is 9.88 Å². The summed E-state index contributed by atoms with van der Waals surface area (Å²) < 4.78 is 2.77. The van der Waals surface area contributed by atoms with Crippen LogP contribution < -0.4 is 16.4 Å². The molecule has 1 heterocycles. The van der Waals surface area contributed by atoms with E-state index in [0.29, 0.717) is 11.0 Å². The van der Waals surface area contributed by atoms with Crippen molar-refractivity contribution in [2.45, 2.75) is 39.4 Å². The van der Waals surface area contributed by atoms with Gasteiger partial charge >= 0.3 is 11.1 Å². The van der Waals surface area contributed by atoms with Crippen molar-refractivity contribution in [1.82, 2.24) is 14.5 Å². The summed E-state index contributed by atoms with van der Waals surface area (Å²) in [6.45, 7) is 7.80. The lowest BCUT2D eigenvalue weighted by Crippen LogP contribution is -2.42. The number of nitrogens with zero attached hydrogens (tertiary/aromatic N) is 2. The number of aryl methyl sites for hydroxylation is 1. The lowest BCUT2D eigenvalue weighted by Gasteiger charge is -2.14. The Morgan fingerprint density at radius 1 is 1.17 bits per heavy atom. The van der Waals surface area contributed by atoms with Crippen LogP contribution in [0.25, 0.3) is 11.0 Å². The van der Waals surface area contributed by atoms with Gasteiger partial charge in [0, 0.05) is 25.6 Å². The van der Waals surface area contributed by atoms with Crippen LogP contribution in [0.4, 0.5) is 0 Å². The number of fused-ring (bicyclic) bond motifs is 1. The Labute approximate surface area is 134 Å². The van der Waals surface area contributed by atoms with Gasteiger partial charge in [-0.1, -0.05) is 18.2 Å². The summed E-state index contributed by atoms with van der Waals surface area (Å²) in [4.78, 5) is 36.5. The SMILES string of the molecule is C=CCn1c(=O)c(=O)n(CCC(=O)NC(C)C)c2ccccc21. The van der Waals surface area contributed by atoms with Crippen LogP contribution in [0.15, 0.2) is 46.5 Å². The Morgan fingerprint density at radius 3 is 2.30 bits per heavy atom. The number of carbonyl (C=O) groups is 1. The first kappa shape index (κ1) is 16.7. The number of carbonyl (C=O) groups excluding carboxylic acids is 1. The smallest absolute Gasteiger partial charge is 0.317 e. The van der Waals surface area contributed by atoms with Gasteiger partial charge in [-0.15, -0.1) is 6.58 Å². The van der Waals surface area contributed by atoms with Crippen molar-refractivity contribution in [1.29, 1.82) is 0 Å². The first-order chi connectivity index (χ1) is 11.0. The largest absolute Gasteiger partial charge is 0.354 e. The molecule has 122 valence electrons. The molecular weight excluding hydrogens is 294 g/mol. The zero-order chi connectivity index (χ0) is 17.0. The zero-order valence-corrected chi connectivity index (χ0v) is 13.4. The van der Waals surface area contributed by atoms with E-state index in [4.69, 9.17) is 0 Å². The van der Waals surface area contributed by atoms with Gasteiger partial charge in [-0.05, 0) is 26.0 Å². The van der Waals surface area contributed by atoms with Gasteiger partial charge in [0.05, 0.1) is 11.0 Å². The monoisotopic (exact) mass is 315 g/mol. The second kappa shape index (κ2) is 7.09. The summed E-state index contributed by atoms with van der Waals surface area (Å²) in [6.07, 6.45) is 1.72.